The van der Waals surface area contributed by atoms with Crippen LogP contribution in [0.15, 0.2) is 28.8 Å². The zero-order valence-corrected chi connectivity index (χ0v) is 17.7. The molecule has 3 aromatic rings. The van der Waals surface area contributed by atoms with Gasteiger partial charge in [-0.15, -0.1) is 0 Å². The molecule has 2 atom stereocenters. The second kappa shape index (κ2) is 7.40. The molecule has 2 aliphatic rings. The van der Waals surface area contributed by atoms with Crippen molar-refractivity contribution in [3.8, 4) is 11.5 Å². The van der Waals surface area contributed by atoms with Gasteiger partial charge in [0, 0.05) is 36.9 Å². The zero-order chi connectivity index (χ0) is 21.7. The van der Waals surface area contributed by atoms with Crippen molar-refractivity contribution in [2.75, 3.05) is 24.5 Å². The lowest BCUT2D eigenvalue weighted by atomic mass is 9.81. The van der Waals surface area contributed by atoms with Crippen LogP contribution in [0.1, 0.15) is 34.0 Å². The van der Waals surface area contributed by atoms with Crippen LogP contribution in [0, 0.1) is 32.5 Å². The fourth-order valence-electron chi connectivity index (χ4n) is 4.53. The molecule has 8 nitrogen and oxygen atoms in total. The molecule has 1 aromatic carbocycles. The van der Waals surface area contributed by atoms with E-state index in [9.17, 15) is 9.18 Å². The number of piperidine rings is 1. The molecule has 9 heteroatoms. The standard InChI is InChI=1S/C22H23FN6O2/c1-12-9-13(2)25-22(24-12)28-8-7-15-10-29(18(15)11-28)21(30)19-16(5-4-6-17(19)23)20-26-14(3)27-31-20/h4-6,9,15,18H,7-8,10-11H2,1-3H3. The van der Waals surface area contributed by atoms with Gasteiger partial charge in [0.05, 0.1) is 17.2 Å². The third-order valence-electron chi connectivity index (χ3n) is 6.05. The maximum Gasteiger partial charge on any atom is 0.258 e. The maximum atomic E-state index is 14.8. The van der Waals surface area contributed by atoms with Gasteiger partial charge >= 0.3 is 0 Å². The summed E-state index contributed by atoms with van der Waals surface area (Å²) in [6, 6.07) is 6.39. The van der Waals surface area contributed by atoms with Crippen LogP contribution in [-0.4, -0.2) is 56.6 Å². The molecule has 0 N–H and O–H groups in total. The second-order valence-electron chi connectivity index (χ2n) is 8.28. The van der Waals surface area contributed by atoms with Gasteiger partial charge in [0.1, 0.15) is 5.82 Å². The maximum absolute atomic E-state index is 14.8. The van der Waals surface area contributed by atoms with Gasteiger partial charge in [-0.1, -0.05) is 11.2 Å². The minimum absolute atomic E-state index is 0.0115. The Labute approximate surface area is 179 Å². The number of halogens is 1. The summed E-state index contributed by atoms with van der Waals surface area (Å²) in [5.41, 5.74) is 2.12. The predicted octanol–water partition coefficient (Wildman–Crippen LogP) is 2.94. The minimum atomic E-state index is -0.591. The molecule has 0 bridgehead atoms. The molecule has 0 spiro atoms. The Bertz CT molecular complexity index is 1140. The monoisotopic (exact) mass is 422 g/mol. The van der Waals surface area contributed by atoms with Gasteiger partial charge in [0.25, 0.3) is 11.8 Å². The summed E-state index contributed by atoms with van der Waals surface area (Å²) in [7, 11) is 0. The number of nitrogens with zero attached hydrogens (tertiary/aromatic N) is 6. The molecule has 0 radical (unpaired) electrons. The number of rotatable bonds is 3. The molecule has 0 saturated carbocycles. The first kappa shape index (κ1) is 19.6. The first-order valence-electron chi connectivity index (χ1n) is 10.4. The fraction of sp³-hybridized carbons (Fsp3) is 0.409. The highest BCUT2D eigenvalue weighted by molar-refractivity contribution is 6.01. The van der Waals surface area contributed by atoms with Gasteiger partial charge in [-0.25, -0.2) is 14.4 Å². The summed E-state index contributed by atoms with van der Waals surface area (Å²) in [6.07, 6.45) is 0.942. The molecule has 5 rings (SSSR count). The van der Waals surface area contributed by atoms with Crippen molar-refractivity contribution in [2.45, 2.75) is 33.2 Å². The minimum Gasteiger partial charge on any atom is -0.339 e. The van der Waals surface area contributed by atoms with E-state index in [-0.39, 0.29) is 23.4 Å². The predicted molar refractivity (Wildman–Crippen MR) is 111 cm³/mol. The molecule has 160 valence electrons. The average molecular weight is 422 g/mol. The third kappa shape index (κ3) is 3.43. The number of benzene rings is 1. The van der Waals surface area contributed by atoms with Crippen LogP contribution in [0.2, 0.25) is 0 Å². The summed E-state index contributed by atoms with van der Waals surface area (Å²) in [6.45, 7) is 7.66. The normalized spacial score (nSPS) is 20.4. The van der Waals surface area contributed by atoms with Gasteiger partial charge in [-0.3, -0.25) is 4.79 Å². The van der Waals surface area contributed by atoms with E-state index in [0.29, 0.717) is 36.3 Å². The quantitative estimate of drug-likeness (QED) is 0.641. The van der Waals surface area contributed by atoms with Crippen molar-refractivity contribution >= 4 is 11.9 Å². The third-order valence-corrected chi connectivity index (χ3v) is 6.05. The van der Waals surface area contributed by atoms with Crippen LogP contribution in [-0.2, 0) is 0 Å². The number of amides is 1. The molecular formula is C22H23FN6O2. The van der Waals surface area contributed by atoms with E-state index >= 15 is 0 Å². The molecule has 2 aromatic heterocycles. The highest BCUT2D eigenvalue weighted by Gasteiger charge is 2.46. The lowest BCUT2D eigenvalue weighted by Crippen LogP contribution is -2.66. The Morgan fingerprint density at radius 3 is 2.61 bits per heavy atom. The first-order chi connectivity index (χ1) is 14.9. The number of hydrogen-bond donors (Lipinski definition) is 0. The smallest absolute Gasteiger partial charge is 0.258 e. The summed E-state index contributed by atoms with van der Waals surface area (Å²) in [5.74, 6) is 0.708. The number of carbonyl (C=O) groups excluding carboxylic acids is 1. The summed E-state index contributed by atoms with van der Waals surface area (Å²) in [5, 5.41) is 3.77. The van der Waals surface area contributed by atoms with Crippen molar-refractivity contribution in [1.82, 2.24) is 25.0 Å². The number of carbonyl (C=O) groups is 1. The van der Waals surface area contributed by atoms with Crippen LogP contribution in [0.25, 0.3) is 11.5 Å². The van der Waals surface area contributed by atoms with E-state index in [1.165, 1.54) is 6.07 Å². The molecule has 2 fully saturated rings. The molecule has 31 heavy (non-hydrogen) atoms. The number of fused-ring (bicyclic) bond motifs is 1. The SMILES string of the molecule is Cc1cc(C)nc(N2CCC3CN(C(=O)c4c(F)cccc4-c4nc(C)no4)C3C2)n1. The molecule has 2 unspecified atom stereocenters. The molecule has 2 aliphatic heterocycles. The van der Waals surface area contributed by atoms with Crippen LogP contribution in [0.5, 0.6) is 0 Å². The van der Waals surface area contributed by atoms with Crippen LogP contribution < -0.4 is 4.90 Å². The van der Waals surface area contributed by atoms with E-state index in [0.717, 1.165) is 24.4 Å². The van der Waals surface area contributed by atoms with E-state index in [1.54, 1.807) is 24.0 Å². The van der Waals surface area contributed by atoms with Crippen LogP contribution in [0.3, 0.4) is 0 Å². The molecule has 0 aliphatic carbocycles. The van der Waals surface area contributed by atoms with Crippen molar-refractivity contribution in [3.05, 3.63) is 52.9 Å². The Morgan fingerprint density at radius 2 is 1.90 bits per heavy atom. The van der Waals surface area contributed by atoms with Crippen molar-refractivity contribution in [2.24, 2.45) is 5.92 Å². The van der Waals surface area contributed by atoms with Gasteiger partial charge in [0.15, 0.2) is 5.82 Å². The Balaban J connectivity index is 1.42. The summed E-state index contributed by atoms with van der Waals surface area (Å²) >= 11 is 0. The second-order valence-corrected chi connectivity index (χ2v) is 8.28. The van der Waals surface area contributed by atoms with Crippen molar-refractivity contribution in [3.63, 3.8) is 0 Å². The zero-order valence-electron chi connectivity index (χ0n) is 17.7. The topological polar surface area (TPSA) is 88.3 Å². The van der Waals surface area contributed by atoms with Gasteiger partial charge in [-0.05, 0) is 45.4 Å². The number of anilines is 1. The number of likely N-dealkylation sites (tertiary alicyclic amines) is 1. The lowest BCUT2D eigenvalue weighted by molar-refractivity contribution is 0.00735. The van der Waals surface area contributed by atoms with Gasteiger partial charge in [0.2, 0.25) is 5.95 Å². The Kier molecular flexibility index (Phi) is 4.68. The van der Waals surface area contributed by atoms with E-state index in [2.05, 4.69) is 25.0 Å². The first-order valence-corrected chi connectivity index (χ1v) is 10.4. The van der Waals surface area contributed by atoms with E-state index in [1.807, 2.05) is 19.9 Å². The molecule has 2 saturated heterocycles. The Hall–Kier alpha value is -3.36. The van der Waals surface area contributed by atoms with Crippen molar-refractivity contribution < 1.29 is 13.7 Å². The summed E-state index contributed by atoms with van der Waals surface area (Å²) < 4.78 is 20.0. The van der Waals surface area contributed by atoms with E-state index in [4.69, 9.17) is 4.52 Å². The van der Waals surface area contributed by atoms with Gasteiger partial charge in [-0.2, -0.15) is 4.98 Å². The number of hydrogen-bond acceptors (Lipinski definition) is 7. The molecular weight excluding hydrogens is 399 g/mol. The van der Waals surface area contributed by atoms with Crippen LogP contribution >= 0.6 is 0 Å². The largest absolute Gasteiger partial charge is 0.339 e. The average Bonchev–Trinajstić information content (AvgIpc) is 3.14. The fourth-order valence-corrected chi connectivity index (χ4v) is 4.53. The highest BCUT2D eigenvalue weighted by Crippen LogP contribution is 2.36. The lowest BCUT2D eigenvalue weighted by Gasteiger charge is -2.53. The molecule has 4 heterocycles. The Morgan fingerprint density at radius 1 is 1.13 bits per heavy atom. The summed E-state index contributed by atoms with van der Waals surface area (Å²) in [4.78, 5) is 30.6. The highest BCUT2D eigenvalue weighted by atomic mass is 19.1. The molecule has 1 amide bonds. The number of aromatic nitrogens is 4. The number of aryl methyl sites for hydroxylation is 3. The van der Waals surface area contributed by atoms with Gasteiger partial charge < -0.3 is 14.3 Å². The van der Waals surface area contributed by atoms with E-state index < -0.39 is 5.82 Å². The van der Waals surface area contributed by atoms with Crippen LogP contribution in [0.4, 0.5) is 10.3 Å². The van der Waals surface area contributed by atoms with Crippen molar-refractivity contribution in [1.29, 1.82) is 0 Å².